The highest BCUT2D eigenvalue weighted by Crippen LogP contribution is 2.22. The second kappa shape index (κ2) is 6.35. The number of halogens is 2. The minimum Gasteiger partial charge on any atom is -0.392 e. The van der Waals surface area contributed by atoms with Gasteiger partial charge in [-0.25, -0.2) is 21.9 Å². The van der Waals surface area contributed by atoms with Crippen LogP contribution in [0.2, 0.25) is 0 Å². The fourth-order valence-electron chi connectivity index (χ4n) is 2.24. The Hall–Kier alpha value is -1.09. The van der Waals surface area contributed by atoms with Crippen LogP contribution in [0.3, 0.4) is 0 Å². The number of sulfonamides is 1. The van der Waals surface area contributed by atoms with Gasteiger partial charge in [-0.05, 0) is 31.0 Å². The lowest BCUT2D eigenvalue weighted by molar-refractivity contribution is 0.107. The molecule has 0 radical (unpaired) electrons. The Kier molecular flexibility index (Phi) is 4.92. The molecule has 2 unspecified atom stereocenters. The van der Waals surface area contributed by atoms with Gasteiger partial charge in [-0.3, -0.25) is 0 Å². The molecule has 0 aromatic heterocycles. The maximum atomic E-state index is 13.7. The van der Waals surface area contributed by atoms with E-state index in [9.17, 15) is 17.2 Å². The highest BCUT2D eigenvalue weighted by atomic mass is 32.2. The fourth-order valence-corrected chi connectivity index (χ4v) is 3.47. The van der Waals surface area contributed by atoms with Crippen LogP contribution in [0.5, 0.6) is 0 Å². The van der Waals surface area contributed by atoms with E-state index in [1.165, 1.54) is 0 Å². The Labute approximate surface area is 122 Å². The van der Waals surface area contributed by atoms with E-state index in [2.05, 4.69) is 4.72 Å². The number of hydrogen-bond donors (Lipinski definition) is 2. The molecule has 1 aromatic rings. The third-order valence-corrected chi connectivity index (χ3v) is 5.02. The van der Waals surface area contributed by atoms with Gasteiger partial charge >= 0.3 is 0 Å². The zero-order valence-electron chi connectivity index (χ0n) is 11.5. The van der Waals surface area contributed by atoms with E-state index in [1.54, 1.807) is 0 Å². The van der Waals surface area contributed by atoms with Crippen molar-refractivity contribution >= 4 is 10.0 Å². The number of aliphatic hydroxyl groups is 1. The maximum Gasteiger partial charge on any atom is 0.243 e. The zero-order valence-corrected chi connectivity index (χ0v) is 12.3. The van der Waals surface area contributed by atoms with Crippen LogP contribution in [-0.2, 0) is 21.4 Å². The first-order valence-electron chi connectivity index (χ1n) is 6.55. The molecule has 118 valence electrons. The van der Waals surface area contributed by atoms with E-state index < -0.39 is 33.2 Å². The van der Waals surface area contributed by atoms with Crippen molar-refractivity contribution in [3.05, 3.63) is 29.3 Å². The highest BCUT2D eigenvalue weighted by Gasteiger charge is 2.28. The topological polar surface area (TPSA) is 75.6 Å². The van der Waals surface area contributed by atoms with Gasteiger partial charge in [0, 0.05) is 19.1 Å². The molecular formula is C13H17F2NO4S. The van der Waals surface area contributed by atoms with Crippen LogP contribution in [0.1, 0.15) is 18.9 Å². The van der Waals surface area contributed by atoms with Crippen molar-refractivity contribution in [3.8, 4) is 0 Å². The second-order valence-electron chi connectivity index (χ2n) is 5.02. The quantitative estimate of drug-likeness (QED) is 0.853. The molecule has 0 saturated carbocycles. The van der Waals surface area contributed by atoms with Crippen molar-refractivity contribution < 1.29 is 27.0 Å². The molecule has 2 N–H and O–H groups in total. The minimum atomic E-state index is -4.19. The molecule has 2 atom stereocenters. The van der Waals surface area contributed by atoms with Crippen molar-refractivity contribution in [2.45, 2.75) is 31.0 Å². The van der Waals surface area contributed by atoms with E-state index in [1.807, 2.05) is 6.92 Å². The molecule has 1 aliphatic heterocycles. The molecule has 1 heterocycles. The van der Waals surface area contributed by atoms with E-state index in [0.29, 0.717) is 13.0 Å². The van der Waals surface area contributed by atoms with Crippen molar-refractivity contribution in [1.82, 2.24) is 4.72 Å². The van der Waals surface area contributed by atoms with Crippen LogP contribution in [0.4, 0.5) is 8.78 Å². The van der Waals surface area contributed by atoms with Crippen LogP contribution in [0.25, 0.3) is 0 Å². The Balaban J connectivity index is 2.21. The number of rotatable bonds is 5. The van der Waals surface area contributed by atoms with Gasteiger partial charge in [0.2, 0.25) is 10.0 Å². The zero-order chi connectivity index (χ0) is 15.6. The van der Waals surface area contributed by atoms with Crippen LogP contribution >= 0.6 is 0 Å². The third kappa shape index (κ3) is 3.57. The summed E-state index contributed by atoms with van der Waals surface area (Å²) < 4.78 is 58.8. The molecular weight excluding hydrogens is 304 g/mol. The third-order valence-electron chi connectivity index (χ3n) is 3.60. The first-order valence-corrected chi connectivity index (χ1v) is 8.03. The number of nitrogens with one attached hydrogen (secondary N) is 1. The highest BCUT2D eigenvalue weighted by molar-refractivity contribution is 7.89. The Bertz CT molecular complexity index is 621. The summed E-state index contributed by atoms with van der Waals surface area (Å²) >= 11 is 0. The number of ether oxygens (including phenoxy) is 1. The number of hydrogen-bond acceptors (Lipinski definition) is 4. The van der Waals surface area contributed by atoms with Gasteiger partial charge in [0.25, 0.3) is 0 Å². The van der Waals surface area contributed by atoms with Crippen molar-refractivity contribution in [1.29, 1.82) is 0 Å². The van der Waals surface area contributed by atoms with Gasteiger partial charge in [0.15, 0.2) is 11.6 Å². The predicted octanol–water partition coefficient (Wildman–Crippen LogP) is 1.16. The van der Waals surface area contributed by atoms with Gasteiger partial charge in [0.05, 0.1) is 12.7 Å². The van der Waals surface area contributed by atoms with Crippen molar-refractivity contribution in [2.24, 2.45) is 5.92 Å². The lowest BCUT2D eigenvalue weighted by Crippen LogP contribution is -2.32. The summed E-state index contributed by atoms with van der Waals surface area (Å²) in [5.74, 6) is -2.76. The van der Waals surface area contributed by atoms with Crippen molar-refractivity contribution in [3.63, 3.8) is 0 Å². The molecule has 8 heteroatoms. The van der Waals surface area contributed by atoms with Gasteiger partial charge < -0.3 is 9.84 Å². The molecule has 0 bridgehead atoms. The summed E-state index contributed by atoms with van der Waals surface area (Å²) in [4.78, 5) is -0.793. The van der Waals surface area contributed by atoms with E-state index in [4.69, 9.17) is 9.84 Å². The Morgan fingerprint density at radius 1 is 1.43 bits per heavy atom. The molecule has 5 nitrogen and oxygen atoms in total. The Morgan fingerprint density at radius 2 is 2.14 bits per heavy atom. The summed E-state index contributed by atoms with van der Waals surface area (Å²) in [5.41, 5.74) is -0.00755. The fraction of sp³-hybridized carbons (Fsp3) is 0.538. The molecule has 0 aliphatic carbocycles. The lowest BCUT2D eigenvalue weighted by Gasteiger charge is -2.15. The number of aliphatic hydroxyl groups excluding tert-OH is 1. The maximum absolute atomic E-state index is 13.7. The second-order valence-corrected chi connectivity index (χ2v) is 6.76. The molecule has 0 amide bonds. The molecule has 1 aromatic carbocycles. The Morgan fingerprint density at radius 3 is 2.71 bits per heavy atom. The van der Waals surface area contributed by atoms with Gasteiger partial charge in [-0.15, -0.1) is 0 Å². The first kappa shape index (κ1) is 16.3. The molecule has 1 saturated heterocycles. The molecule has 1 aliphatic rings. The summed E-state index contributed by atoms with van der Waals surface area (Å²) in [7, 11) is -4.19. The van der Waals surface area contributed by atoms with E-state index >= 15 is 0 Å². The molecule has 1 fully saturated rings. The summed E-state index contributed by atoms with van der Waals surface area (Å²) in [6.07, 6.45) is 0.620. The van der Waals surface area contributed by atoms with Gasteiger partial charge in [-0.2, -0.15) is 0 Å². The van der Waals surface area contributed by atoms with Crippen LogP contribution in [0, 0.1) is 17.6 Å². The van der Waals surface area contributed by atoms with Crippen LogP contribution in [0.15, 0.2) is 17.0 Å². The number of benzene rings is 1. The van der Waals surface area contributed by atoms with Gasteiger partial charge in [0.1, 0.15) is 4.90 Å². The largest absolute Gasteiger partial charge is 0.392 e. The average molecular weight is 321 g/mol. The molecule has 21 heavy (non-hydrogen) atoms. The van der Waals surface area contributed by atoms with Gasteiger partial charge in [-0.1, -0.05) is 0 Å². The standard InChI is InChI=1S/C13H17F2NO4S/c1-8-10(2-3-20-8)6-16-21(18,19)12-5-9(7-17)4-11(14)13(12)15/h4-5,8,10,16-17H,2-3,6-7H2,1H3. The average Bonchev–Trinajstić information content (AvgIpc) is 2.84. The van der Waals surface area contributed by atoms with Crippen molar-refractivity contribution in [2.75, 3.05) is 13.2 Å². The summed E-state index contributed by atoms with van der Waals surface area (Å²) in [5, 5.41) is 8.96. The summed E-state index contributed by atoms with van der Waals surface area (Å²) in [6.45, 7) is 1.90. The SMILES string of the molecule is CC1OCCC1CNS(=O)(=O)c1cc(CO)cc(F)c1F. The molecule has 0 spiro atoms. The van der Waals surface area contributed by atoms with Crippen LogP contribution < -0.4 is 4.72 Å². The lowest BCUT2D eigenvalue weighted by atomic mass is 10.0. The monoisotopic (exact) mass is 321 g/mol. The first-order chi connectivity index (χ1) is 9.85. The minimum absolute atomic E-state index is 0.00583. The smallest absolute Gasteiger partial charge is 0.243 e. The van der Waals surface area contributed by atoms with E-state index in [0.717, 1.165) is 12.1 Å². The van der Waals surface area contributed by atoms with Crippen LogP contribution in [-0.4, -0.2) is 32.8 Å². The predicted molar refractivity (Wildman–Crippen MR) is 71.0 cm³/mol. The normalized spacial score (nSPS) is 22.7. The summed E-state index contributed by atoms with van der Waals surface area (Å²) in [6, 6.07) is 1.69. The molecule has 2 rings (SSSR count). The van der Waals surface area contributed by atoms with E-state index in [-0.39, 0.29) is 24.1 Å².